The monoisotopic (exact) mass is 370 g/mol. The van der Waals surface area contributed by atoms with Crippen LogP contribution in [0.1, 0.15) is 19.8 Å². The number of rotatable bonds is 7. The fourth-order valence-corrected chi connectivity index (χ4v) is 2.78. The van der Waals surface area contributed by atoms with Crippen molar-refractivity contribution in [2.24, 2.45) is 0 Å². The molecule has 27 heavy (non-hydrogen) atoms. The van der Waals surface area contributed by atoms with E-state index in [4.69, 9.17) is 4.42 Å². The van der Waals surface area contributed by atoms with Crippen molar-refractivity contribution in [1.82, 2.24) is 9.55 Å². The number of nitrogens with zero attached hydrogens (tertiary/aromatic N) is 4. The van der Waals surface area contributed by atoms with Gasteiger partial charge in [0.25, 0.3) is 5.69 Å². The molecule has 1 amide bonds. The normalized spacial score (nSPS) is 10.9. The molecule has 2 aromatic heterocycles. The number of oxazole rings is 1. The number of hydrogen-bond donors (Lipinski definition) is 0. The number of nitro benzene ring substituents is 1. The number of amides is 1. The van der Waals surface area contributed by atoms with Crippen LogP contribution in [-0.2, 0) is 11.3 Å². The number of aromatic nitrogens is 2. The molecule has 0 bridgehead atoms. The first-order valence-corrected chi connectivity index (χ1v) is 8.49. The van der Waals surface area contributed by atoms with E-state index >= 15 is 0 Å². The number of nitro groups is 1. The summed E-state index contributed by atoms with van der Waals surface area (Å²) < 4.78 is 6.26. The maximum atomic E-state index is 12.9. The number of benzene rings is 1. The van der Waals surface area contributed by atoms with Crippen LogP contribution >= 0.6 is 0 Å². The van der Waals surface area contributed by atoms with Crippen molar-refractivity contribution in [3.8, 4) is 0 Å². The molecular weight excluding hydrogens is 352 g/mol. The summed E-state index contributed by atoms with van der Waals surface area (Å²) in [6, 6.07) is 7.32. The summed E-state index contributed by atoms with van der Waals surface area (Å²) in [6.45, 7) is 2.31. The van der Waals surface area contributed by atoms with Gasteiger partial charge in [-0.05, 0) is 24.6 Å². The van der Waals surface area contributed by atoms with Gasteiger partial charge in [0, 0.05) is 30.7 Å². The Balaban J connectivity index is 1.92. The molecule has 0 saturated carbocycles. The zero-order valence-corrected chi connectivity index (χ0v) is 14.7. The molecule has 0 aliphatic carbocycles. The molecule has 3 aromatic rings. The van der Waals surface area contributed by atoms with Gasteiger partial charge in [-0.2, -0.15) is 0 Å². The van der Waals surface area contributed by atoms with Gasteiger partial charge in [-0.3, -0.25) is 24.5 Å². The van der Waals surface area contributed by atoms with E-state index in [2.05, 4.69) is 4.98 Å². The third kappa shape index (κ3) is 3.86. The third-order valence-corrected chi connectivity index (χ3v) is 4.17. The van der Waals surface area contributed by atoms with Crippen LogP contribution in [0.2, 0.25) is 0 Å². The molecule has 0 radical (unpaired) electrons. The van der Waals surface area contributed by atoms with Crippen molar-refractivity contribution in [3.05, 3.63) is 63.4 Å². The predicted molar refractivity (Wildman–Crippen MR) is 98.6 cm³/mol. The summed E-state index contributed by atoms with van der Waals surface area (Å²) >= 11 is 0. The number of unbranched alkanes of at least 4 members (excludes halogenated alkanes) is 1. The number of non-ortho nitro benzene ring substituents is 1. The number of carbonyl (C=O) groups is 1. The summed E-state index contributed by atoms with van der Waals surface area (Å²) in [7, 11) is 0. The van der Waals surface area contributed by atoms with Crippen molar-refractivity contribution in [3.63, 3.8) is 0 Å². The molecule has 9 heteroatoms. The molecule has 0 fully saturated rings. The van der Waals surface area contributed by atoms with E-state index in [-0.39, 0.29) is 23.7 Å². The number of anilines is 1. The molecule has 0 atom stereocenters. The van der Waals surface area contributed by atoms with Crippen molar-refractivity contribution in [1.29, 1.82) is 0 Å². The van der Waals surface area contributed by atoms with Gasteiger partial charge in [0.05, 0.1) is 16.5 Å². The minimum atomic E-state index is -0.732. The van der Waals surface area contributed by atoms with Crippen LogP contribution in [0.15, 0.2) is 51.9 Å². The van der Waals surface area contributed by atoms with Gasteiger partial charge in [0.2, 0.25) is 5.91 Å². The van der Waals surface area contributed by atoms with E-state index in [1.807, 2.05) is 6.92 Å². The Labute approximate surface area is 154 Å². The average Bonchev–Trinajstić information content (AvgIpc) is 2.97. The molecule has 9 nitrogen and oxygen atoms in total. The van der Waals surface area contributed by atoms with Gasteiger partial charge in [-0.15, -0.1) is 0 Å². The first-order chi connectivity index (χ1) is 13.0. The van der Waals surface area contributed by atoms with Crippen molar-refractivity contribution in [2.45, 2.75) is 26.3 Å². The zero-order chi connectivity index (χ0) is 19.4. The second-order valence-corrected chi connectivity index (χ2v) is 5.97. The lowest BCUT2D eigenvalue weighted by atomic mass is 10.2. The Morgan fingerprint density at radius 3 is 2.70 bits per heavy atom. The molecule has 0 aliphatic heterocycles. The fraction of sp³-hybridized carbons (Fsp3) is 0.278. The molecule has 3 rings (SSSR count). The van der Waals surface area contributed by atoms with Crippen molar-refractivity contribution >= 4 is 28.4 Å². The van der Waals surface area contributed by atoms with Gasteiger partial charge < -0.3 is 9.32 Å². The van der Waals surface area contributed by atoms with Crippen LogP contribution < -0.4 is 10.7 Å². The molecule has 2 heterocycles. The fourth-order valence-electron chi connectivity index (χ4n) is 2.78. The first kappa shape index (κ1) is 18.3. The smallest absolute Gasteiger partial charge is 0.407 e. The summed E-state index contributed by atoms with van der Waals surface area (Å²) in [5.74, 6) is -1.01. The molecule has 1 aromatic carbocycles. The molecule has 0 unspecified atom stereocenters. The van der Waals surface area contributed by atoms with Crippen molar-refractivity contribution in [2.75, 3.05) is 11.4 Å². The number of hydrogen-bond acceptors (Lipinski definition) is 6. The second kappa shape index (κ2) is 7.81. The Morgan fingerprint density at radius 1 is 1.30 bits per heavy atom. The van der Waals surface area contributed by atoms with E-state index < -0.39 is 10.7 Å². The highest BCUT2D eigenvalue weighted by Gasteiger charge is 2.20. The lowest BCUT2D eigenvalue weighted by Crippen LogP contribution is -2.36. The van der Waals surface area contributed by atoms with Crippen LogP contribution in [0, 0.1) is 10.1 Å². The van der Waals surface area contributed by atoms with Gasteiger partial charge in [0.1, 0.15) is 6.54 Å². The van der Waals surface area contributed by atoms with E-state index in [9.17, 15) is 19.7 Å². The van der Waals surface area contributed by atoms with E-state index in [0.29, 0.717) is 17.7 Å². The summed E-state index contributed by atoms with van der Waals surface area (Å²) in [5.41, 5.74) is 0.922. The highest BCUT2D eigenvalue weighted by Crippen LogP contribution is 2.21. The minimum absolute atomic E-state index is 0.0750. The van der Waals surface area contributed by atoms with Crippen LogP contribution in [0.4, 0.5) is 11.4 Å². The van der Waals surface area contributed by atoms with Gasteiger partial charge >= 0.3 is 5.76 Å². The van der Waals surface area contributed by atoms with Crippen molar-refractivity contribution < 1.29 is 14.1 Å². The van der Waals surface area contributed by atoms with Crippen LogP contribution in [0.5, 0.6) is 0 Å². The standard InChI is InChI=1S/C18H18N4O5/c1-2-3-10-20(13-6-8-19-9-7-13)17(23)12-21-15-5-4-14(22(25)26)11-16(15)27-18(21)24/h4-9,11H,2-3,10,12H2,1H3. The molecule has 140 valence electrons. The Morgan fingerprint density at radius 2 is 2.04 bits per heavy atom. The van der Waals surface area contributed by atoms with E-state index in [0.717, 1.165) is 12.8 Å². The third-order valence-electron chi connectivity index (χ3n) is 4.17. The Bertz CT molecular complexity index is 1030. The summed E-state index contributed by atoms with van der Waals surface area (Å²) in [6.07, 6.45) is 4.91. The molecule has 0 saturated heterocycles. The predicted octanol–water partition coefficient (Wildman–Crippen LogP) is 2.73. The van der Waals surface area contributed by atoms with E-state index in [1.165, 1.54) is 22.8 Å². The topological polar surface area (TPSA) is 111 Å². The highest BCUT2D eigenvalue weighted by atomic mass is 16.6. The molecular formula is C18H18N4O5. The molecule has 0 spiro atoms. The highest BCUT2D eigenvalue weighted by molar-refractivity contribution is 5.93. The van der Waals surface area contributed by atoms with Gasteiger partial charge in [-0.1, -0.05) is 13.3 Å². The van der Waals surface area contributed by atoms with E-state index in [1.54, 1.807) is 29.4 Å². The number of carbonyl (C=O) groups excluding carboxylic acids is 1. The molecule has 0 N–H and O–H groups in total. The zero-order valence-electron chi connectivity index (χ0n) is 14.7. The Kier molecular flexibility index (Phi) is 5.30. The molecule has 0 aliphatic rings. The van der Waals surface area contributed by atoms with Gasteiger partial charge in [-0.25, -0.2) is 4.79 Å². The minimum Gasteiger partial charge on any atom is -0.407 e. The van der Waals surface area contributed by atoms with Crippen LogP contribution in [0.25, 0.3) is 11.1 Å². The quantitative estimate of drug-likeness (QED) is 0.467. The number of fused-ring (bicyclic) bond motifs is 1. The summed E-state index contributed by atoms with van der Waals surface area (Å²) in [5, 5.41) is 10.9. The maximum absolute atomic E-state index is 12.9. The largest absolute Gasteiger partial charge is 0.420 e. The lowest BCUT2D eigenvalue weighted by Gasteiger charge is -2.22. The van der Waals surface area contributed by atoms with Gasteiger partial charge in [0.15, 0.2) is 5.58 Å². The average molecular weight is 370 g/mol. The van der Waals surface area contributed by atoms with Crippen LogP contribution in [0.3, 0.4) is 0 Å². The summed E-state index contributed by atoms with van der Waals surface area (Å²) in [4.78, 5) is 40.9. The number of pyridine rings is 1. The van der Waals surface area contributed by atoms with Crippen LogP contribution in [-0.4, -0.2) is 26.9 Å². The SMILES string of the molecule is CCCCN(C(=O)Cn1c(=O)oc2cc([N+](=O)[O-])ccc21)c1ccncc1. The second-order valence-electron chi connectivity index (χ2n) is 5.97. The Hall–Kier alpha value is -3.49. The first-order valence-electron chi connectivity index (χ1n) is 8.49. The maximum Gasteiger partial charge on any atom is 0.420 e. The lowest BCUT2D eigenvalue weighted by molar-refractivity contribution is -0.384.